The van der Waals surface area contributed by atoms with E-state index < -0.39 is 0 Å². The first-order valence-corrected chi connectivity index (χ1v) is 4.73. The summed E-state index contributed by atoms with van der Waals surface area (Å²) in [5.41, 5.74) is 0. The lowest BCUT2D eigenvalue weighted by Crippen LogP contribution is -2.39. The molecule has 0 aromatic carbocycles. The molecule has 1 heterocycles. The minimum atomic E-state index is 1.14. The molecule has 1 fully saturated rings. The molecule has 1 aliphatic heterocycles. The molecule has 68 valence electrons. The van der Waals surface area contributed by atoms with Gasteiger partial charge in [0.15, 0.2) is 0 Å². The second kappa shape index (κ2) is 7.07. The maximum absolute atomic E-state index is 3.22. The van der Waals surface area contributed by atoms with Crippen molar-refractivity contribution in [2.45, 2.75) is 12.8 Å². The van der Waals surface area contributed by atoms with E-state index in [0.717, 1.165) is 26.2 Å². The fourth-order valence-corrected chi connectivity index (χ4v) is 1.15. The summed E-state index contributed by atoms with van der Waals surface area (Å²) >= 11 is 0. The van der Waals surface area contributed by atoms with Crippen LogP contribution in [0.2, 0.25) is 0 Å². The van der Waals surface area contributed by atoms with Crippen molar-refractivity contribution in [1.82, 2.24) is 10.6 Å². The average molecular weight is 166 g/mol. The molecular weight excluding hydrogens is 148 g/mol. The average Bonchev–Trinajstić information content (AvgIpc) is 2.24. The summed E-state index contributed by atoms with van der Waals surface area (Å²) in [4.78, 5) is 0. The first-order chi connectivity index (χ1) is 6.00. The van der Waals surface area contributed by atoms with Crippen LogP contribution in [0.25, 0.3) is 0 Å². The quantitative estimate of drug-likeness (QED) is 0.562. The number of hydrogen-bond acceptors (Lipinski definition) is 2. The lowest BCUT2D eigenvalue weighted by atomic mass is 10.2. The summed E-state index contributed by atoms with van der Waals surface area (Å²) in [5.74, 6) is 0. The van der Waals surface area contributed by atoms with E-state index in [-0.39, 0.29) is 0 Å². The zero-order chi connectivity index (χ0) is 8.49. The Hall–Kier alpha value is -0.600. The number of nitrogens with one attached hydrogen (secondary N) is 2. The fourth-order valence-electron chi connectivity index (χ4n) is 1.15. The largest absolute Gasteiger partial charge is 0.314 e. The maximum Gasteiger partial charge on any atom is 0.00772 e. The summed E-state index contributed by atoms with van der Waals surface area (Å²) in [6.45, 7) is 4.56. The van der Waals surface area contributed by atoms with Crippen molar-refractivity contribution in [3.8, 4) is 0 Å². The lowest BCUT2D eigenvalue weighted by molar-refractivity contribution is 0.534. The fraction of sp³-hybridized carbons (Fsp3) is 0.600. The third-order valence-electron chi connectivity index (χ3n) is 1.84. The number of hydrogen-bond donors (Lipinski definition) is 2. The van der Waals surface area contributed by atoms with Crippen molar-refractivity contribution in [1.29, 1.82) is 0 Å². The Bertz CT molecular complexity index is 122. The van der Waals surface area contributed by atoms with Gasteiger partial charge >= 0.3 is 0 Å². The molecule has 2 heteroatoms. The van der Waals surface area contributed by atoms with Gasteiger partial charge in [-0.15, -0.1) is 0 Å². The Morgan fingerprint density at radius 1 is 0.667 bits per heavy atom. The van der Waals surface area contributed by atoms with Gasteiger partial charge in [0.1, 0.15) is 0 Å². The predicted molar refractivity (Wildman–Crippen MR) is 53.3 cm³/mol. The van der Waals surface area contributed by atoms with Crippen LogP contribution in [-0.2, 0) is 0 Å². The van der Waals surface area contributed by atoms with E-state index in [1.807, 2.05) is 0 Å². The van der Waals surface area contributed by atoms with Crippen molar-refractivity contribution in [3.63, 3.8) is 0 Å². The predicted octanol–water partition coefficient (Wildman–Crippen LogP) is 1.07. The molecule has 0 spiro atoms. The van der Waals surface area contributed by atoms with E-state index in [2.05, 4.69) is 34.9 Å². The van der Waals surface area contributed by atoms with Gasteiger partial charge in [0.2, 0.25) is 0 Å². The SMILES string of the molecule is C1=CCCC=C1.C1CNCCN1. The standard InChI is InChI=1S/C6H8.C4H10N2/c1-2-4-6-5-3-1;1-2-6-4-3-5-1/h1-4H,5-6H2;5-6H,1-4H2. The first kappa shape index (κ1) is 9.49. The van der Waals surface area contributed by atoms with E-state index >= 15 is 0 Å². The molecule has 0 saturated carbocycles. The maximum atomic E-state index is 3.22. The highest BCUT2D eigenvalue weighted by Crippen LogP contribution is 1.98. The molecule has 0 unspecified atom stereocenters. The van der Waals surface area contributed by atoms with Crippen LogP contribution in [-0.4, -0.2) is 26.2 Å². The van der Waals surface area contributed by atoms with Crippen LogP contribution >= 0.6 is 0 Å². The number of allylic oxidation sites excluding steroid dienone is 4. The number of piperazine rings is 1. The second-order valence-electron chi connectivity index (χ2n) is 2.93. The molecular formula is C10H18N2. The van der Waals surface area contributed by atoms with Crippen molar-refractivity contribution < 1.29 is 0 Å². The normalized spacial score (nSPS) is 21.3. The van der Waals surface area contributed by atoms with E-state index in [9.17, 15) is 0 Å². The molecule has 0 aromatic heterocycles. The summed E-state index contributed by atoms with van der Waals surface area (Å²) < 4.78 is 0. The first-order valence-electron chi connectivity index (χ1n) is 4.73. The Labute approximate surface area is 74.7 Å². The van der Waals surface area contributed by atoms with Crippen molar-refractivity contribution in [3.05, 3.63) is 24.3 Å². The highest BCUT2D eigenvalue weighted by atomic mass is 15.0. The van der Waals surface area contributed by atoms with Gasteiger partial charge in [0.25, 0.3) is 0 Å². The van der Waals surface area contributed by atoms with Gasteiger partial charge in [0.05, 0.1) is 0 Å². The molecule has 2 aliphatic rings. The molecule has 2 N–H and O–H groups in total. The molecule has 0 radical (unpaired) electrons. The van der Waals surface area contributed by atoms with E-state index in [0.29, 0.717) is 0 Å². The van der Waals surface area contributed by atoms with Crippen LogP contribution in [0.15, 0.2) is 24.3 Å². The van der Waals surface area contributed by atoms with Crippen molar-refractivity contribution in [2.24, 2.45) is 0 Å². The summed E-state index contributed by atoms with van der Waals surface area (Å²) in [6.07, 6.45) is 11.0. The van der Waals surface area contributed by atoms with Gasteiger partial charge in [-0.2, -0.15) is 0 Å². The lowest BCUT2D eigenvalue weighted by Gasteiger charge is -2.11. The topological polar surface area (TPSA) is 24.1 Å². The molecule has 0 atom stereocenters. The highest BCUT2D eigenvalue weighted by Gasteiger charge is 1.91. The van der Waals surface area contributed by atoms with Crippen LogP contribution in [0.5, 0.6) is 0 Å². The van der Waals surface area contributed by atoms with Gasteiger partial charge in [0, 0.05) is 26.2 Å². The Morgan fingerprint density at radius 2 is 1.08 bits per heavy atom. The number of rotatable bonds is 0. The van der Waals surface area contributed by atoms with Gasteiger partial charge in [-0.05, 0) is 12.8 Å². The minimum absolute atomic E-state index is 1.14. The molecule has 1 saturated heterocycles. The van der Waals surface area contributed by atoms with Gasteiger partial charge < -0.3 is 10.6 Å². The molecule has 0 amide bonds. The molecule has 1 aliphatic carbocycles. The zero-order valence-corrected chi connectivity index (χ0v) is 7.55. The second-order valence-corrected chi connectivity index (χ2v) is 2.93. The van der Waals surface area contributed by atoms with E-state index in [1.165, 1.54) is 12.8 Å². The monoisotopic (exact) mass is 166 g/mol. The third kappa shape index (κ3) is 5.10. The summed E-state index contributed by atoms with van der Waals surface area (Å²) in [7, 11) is 0. The minimum Gasteiger partial charge on any atom is -0.314 e. The van der Waals surface area contributed by atoms with Gasteiger partial charge in [-0.1, -0.05) is 24.3 Å². The third-order valence-corrected chi connectivity index (χ3v) is 1.84. The molecule has 2 rings (SSSR count). The Morgan fingerprint density at radius 3 is 1.25 bits per heavy atom. The molecule has 2 nitrogen and oxygen atoms in total. The molecule has 0 bridgehead atoms. The zero-order valence-electron chi connectivity index (χ0n) is 7.55. The Kier molecular flexibility index (Phi) is 5.59. The van der Waals surface area contributed by atoms with Crippen LogP contribution in [0.1, 0.15) is 12.8 Å². The van der Waals surface area contributed by atoms with Crippen LogP contribution in [0.4, 0.5) is 0 Å². The van der Waals surface area contributed by atoms with Crippen LogP contribution in [0, 0.1) is 0 Å². The smallest absolute Gasteiger partial charge is 0.00772 e. The van der Waals surface area contributed by atoms with Crippen molar-refractivity contribution in [2.75, 3.05) is 26.2 Å². The Balaban J connectivity index is 0.000000120. The summed E-state index contributed by atoms with van der Waals surface area (Å²) in [5, 5.41) is 6.44. The molecule has 12 heavy (non-hydrogen) atoms. The summed E-state index contributed by atoms with van der Waals surface area (Å²) in [6, 6.07) is 0. The van der Waals surface area contributed by atoms with Gasteiger partial charge in [-0.25, -0.2) is 0 Å². The van der Waals surface area contributed by atoms with Crippen LogP contribution < -0.4 is 10.6 Å². The highest BCUT2D eigenvalue weighted by molar-refractivity contribution is 5.07. The van der Waals surface area contributed by atoms with Crippen molar-refractivity contribution >= 4 is 0 Å². The van der Waals surface area contributed by atoms with Gasteiger partial charge in [-0.3, -0.25) is 0 Å². The van der Waals surface area contributed by atoms with E-state index in [4.69, 9.17) is 0 Å². The molecule has 0 aromatic rings. The van der Waals surface area contributed by atoms with Crippen LogP contribution in [0.3, 0.4) is 0 Å². The van der Waals surface area contributed by atoms with E-state index in [1.54, 1.807) is 0 Å².